The number of nitrogens with zero attached hydrogens (tertiary/aromatic N) is 1. The molecule has 3 nitrogen and oxygen atoms in total. The highest BCUT2D eigenvalue weighted by molar-refractivity contribution is 7.17. The lowest BCUT2D eigenvalue weighted by molar-refractivity contribution is -0.131. The maximum absolute atomic E-state index is 12.8. The van der Waals surface area contributed by atoms with E-state index in [1.165, 1.54) is 10.1 Å². The number of fused-ring (bicyclic) bond motifs is 1. The molecule has 0 spiro atoms. The fraction of sp³-hybridized carbons (Fsp3) is 0.471. The maximum Gasteiger partial charge on any atom is 0.156 e. The Morgan fingerprint density at radius 2 is 2.00 bits per heavy atom. The Kier molecular flexibility index (Phi) is 4.11. The van der Waals surface area contributed by atoms with E-state index in [4.69, 9.17) is 4.74 Å². The highest BCUT2D eigenvalue weighted by Gasteiger charge is 2.35. The highest BCUT2D eigenvalue weighted by Crippen LogP contribution is 2.28. The van der Waals surface area contributed by atoms with Crippen molar-refractivity contribution in [3.63, 3.8) is 0 Å². The number of morpholine rings is 1. The van der Waals surface area contributed by atoms with Gasteiger partial charge < -0.3 is 4.74 Å². The van der Waals surface area contributed by atoms with Gasteiger partial charge in [-0.05, 0) is 36.2 Å². The molecule has 0 unspecified atom stereocenters. The summed E-state index contributed by atoms with van der Waals surface area (Å²) in [6, 6.07) is 8.30. The summed E-state index contributed by atoms with van der Waals surface area (Å²) < 4.78 is 6.64. The molecule has 21 heavy (non-hydrogen) atoms. The quantitative estimate of drug-likeness (QED) is 0.869. The fourth-order valence-electron chi connectivity index (χ4n) is 2.86. The third-order valence-corrected chi connectivity index (χ3v) is 5.41. The van der Waals surface area contributed by atoms with Crippen LogP contribution >= 0.6 is 11.3 Å². The summed E-state index contributed by atoms with van der Waals surface area (Å²) in [4.78, 5) is 15.0. The summed E-state index contributed by atoms with van der Waals surface area (Å²) in [5.74, 6) is 0.285. The van der Waals surface area contributed by atoms with Gasteiger partial charge in [0.25, 0.3) is 0 Å². The molecule has 1 aliphatic heterocycles. The summed E-state index contributed by atoms with van der Waals surface area (Å²) in [6.07, 6.45) is 0.508. The summed E-state index contributed by atoms with van der Waals surface area (Å²) >= 11 is 1.72. The summed E-state index contributed by atoms with van der Waals surface area (Å²) in [5.41, 5.74) is 0.731. The topological polar surface area (TPSA) is 29.5 Å². The highest BCUT2D eigenvalue weighted by atomic mass is 32.1. The van der Waals surface area contributed by atoms with Gasteiger partial charge in [0.15, 0.2) is 5.78 Å². The number of Topliss-reactive ketones (excluding diaryl/α,β-unsaturated/α-hetero) is 1. The van der Waals surface area contributed by atoms with Crippen LogP contribution in [-0.4, -0.2) is 42.5 Å². The second kappa shape index (κ2) is 5.87. The van der Waals surface area contributed by atoms with Gasteiger partial charge in [0.1, 0.15) is 0 Å². The first-order valence-electron chi connectivity index (χ1n) is 7.40. The van der Waals surface area contributed by atoms with E-state index in [0.717, 1.165) is 31.9 Å². The summed E-state index contributed by atoms with van der Waals surface area (Å²) in [6.45, 7) is 7.19. The number of hydrogen-bond donors (Lipinski definition) is 0. The van der Waals surface area contributed by atoms with Crippen molar-refractivity contribution in [2.24, 2.45) is 0 Å². The van der Waals surface area contributed by atoms with Crippen LogP contribution in [0.3, 0.4) is 0 Å². The van der Waals surface area contributed by atoms with Crippen molar-refractivity contribution in [2.75, 3.05) is 26.3 Å². The third kappa shape index (κ3) is 2.89. The molecule has 2 aromatic rings. The molecule has 1 saturated heterocycles. The zero-order valence-electron chi connectivity index (χ0n) is 12.6. The number of hydrogen-bond acceptors (Lipinski definition) is 4. The van der Waals surface area contributed by atoms with E-state index in [1.807, 2.05) is 26.0 Å². The van der Waals surface area contributed by atoms with Crippen molar-refractivity contribution >= 4 is 27.2 Å². The van der Waals surface area contributed by atoms with Crippen molar-refractivity contribution in [2.45, 2.75) is 25.8 Å². The Labute approximate surface area is 129 Å². The lowest BCUT2D eigenvalue weighted by Gasteiger charge is -2.39. The van der Waals surface area contributed by atoms with Crippen LogP contribution in [-0.2, 0) is 16.0 Å². The van der Waals surface area contributed by atoms with Gasteiger partial charge in [-0.25, -0.2) is 0 Å². The summed E-state index contributed by atoms with van der Waals surface area (Å²) in [5, 5.41) is 3.34. The van der Waals surface area contributed by atoms with Crippen LogP contribution in [0.1, 0.15) is 19.4 Å². The lowest BCUT2D eigenvalue weighted by atomic mass is 9.91. The van der Waals surface area contributed by atoms with Crippen LogP contribution in [0, 0.1) is 0 Å². The predicted octanol–water partition coefficient (Wildman–Crippen LogP) is 3.12. The first-order chi connectivity index (χ1) is 10.1. The van der Waals surface area contributed by atoms with E-state index in [1.54, 1.807) is 11.3 Å². The fourth-order valence-corrected chi connectivity index (χ4v) is 3.82. The molecule has 112 valence electrons. The second-order valence-corrected chi connectivity index (χ2v) is 6.93. The molecular formula is C17H21NO2S. The first kappa shape index (κ1) is 14.7. The number of benzene rings is 1. The number of rotatable bonds is 4. The zero-order chi connectivity index (χ0) is 14.9. The van der Waals surface area contributed by atoms with Crippen molar-refractivity contribution in [1.82, 2.24) is 4.90 Å². The van der Waals surface area contributed by atoms with E-state index in [-0.39, 0.29) is 5.78 Å². The first-order valence-corrected chi connectivity index (χ1v) is 8.28. The minimum absolute atomic E-state index is 0.285. The third-order valence-electron chi connectivity index (χ3n) is 4.40. The second-order valence-electron chi connectivity index (χ2n) is 6.02. The molecule has 0 aliphatic carbocycles. The monoisotopic (exact) mass is 303 g/mol. The van der Waals surface area contributed by atoms with E-state index in [0.29, 0.717) is 6.42 Å². The zero-order valence-corrected chi connectivity index (χ0v) is 13.4. The molecule has 3 rings (SSSR count). The molecule has 4 heteroatoms. The normalized spacial score (nSPS) is 17.2. The minimum atomic E-state index is -0.424. The number of ether oxygens (including phenoxy) is 1. The Hall–Kier alpha value is -1.23. The van der Waals surface area contributed by atoms with Crippen LogP contribution < -0.4 is 0 Å². The van der Waals surface area contributed by atoms with E-state index < -0.39 is 5.54 Å². The van der Waals surface area contributed by atoms with Crippen molar-refractivity contribution in [3.05, 3.63) is 35.2 Å². The van der Waals surface area contributed by atoms with Crippen LogP contribution in [0.15, 0.2) is 29.6 Å². The molecule has 0 bridgehead atoms. The molecule has 0 amide bonds. The number of carbonyl (C=O) groups is 1. The number of carbonyl (C=O) groups excluding carboxylic acids is 1. The standard InChI is InChI=1S/C17H21NO2S/c1-17(2,18-7-9-20-10-8-18)16(19)11-13-12-21-15-6-4-3-5-14(13)15/h3-6,12H,7-11H2,1-2H3. The molecule has 2 heterocycles. The molecule has 0 saturated carbocycles. The molecule has 1 fully saturated rings. The Bertz CT molecular complexity index is 641. The van der Waals surface area contributed by atoms with Crippen LogP contribution in [0.5, 0.6) is 0 Å². The van der Waals surface area contributed by atoms with Crippen molar-refractivity contribution in [1.29, 1.82) is 0 Å². The average Bonchev–Trinajstić information content (AvgIpc) is 2.91. The molecule has 1 aromatic carbocycles. The number of ketones is 1. The van der Waals surface area contributed by atoms with Gasteiger partial charge in [-0.2, -0.15) is 0 Å². The van der Waals surface area contributed by atoms with Gasteiger partial charge >= 0.3 is 0 Å². The number of thiophene rings is 1. The van der Waals surface area contributed by atoms with Gasteiger partial charge in [0.05, 0.1) is 18.8 Å². The molecule has 1 aromatic heterocycles. The Balaban J connectivity index is 1.78. The van der Waals surface area contributed by atoms with Gasteiger partial charge in [-0.1, -0.05) is 18.2 Å². The van der Waals surface area contributed by atoms with Crippen LogP contribution in [0.25, 0.3) is 10.1 Å². The van der Waals surface area contributed by atoms with Gasteiger partial charge in [0, 0.05) is 24.2 Å². The lowest BCUT2D eigenvalue weighted by Crippen LogP contribution is -2.54. The van der Waals surface area contributed by atoms with Crippen LogP contribution in [0.2, 0.25) is 0 Å². The van der Waals surface area contributed by atoms with E-state index in [9.17, 15) is 4.79 Å². The molecule has 1 aliphatic rings. The Morgan fingerprint density at radius 3 is 2.76 bits per heavy atom. The van der Waals surface area contributed by atoms with Crippen molar-refractivity contribution < 1.29 is 9.53 Å². The van der Waals surface area contributed by atoms with Gasteiger partial charge in [-0.3, -0.25) is 9.69 Å². The predicted molar refractivity (Wildman–Crippen MR) is 87.0 cm³/mol. The van der Waals surface area contributed by atoms with Crippen LogP contribution in [0.4, 0.5) is 0 Å². The molecule has 0 radical (unpaired) electrons. The molecule has 0 N–H and O–H groups in total. The minimum Gasteiger partial charge on any atom is -0.379 e. The molecule has 0 atom stereocenters. The van der Waals surface area contributed by atoms with Crippen molar-refractivity contribution in [3.8, 4) is 0 Å². The summed E-state index contributed by atoms with van der Waals surface area (Å²) in [7, 11) is 0. The van der Waals surface area contributed by atoms with E-state index in [2.05, 4.69) is 22.4 Å². The maximum atomic E-state index is 12.8. The average molecular weight is 303 g/mol. The molecular weight excluding hydrogens is 282 g/mol. The SMILES string of the molecule is CC(C)(C(=O)Cc1csc2ccccc12)N1CCOCC1. The van der Waals surface area contributed by atoms with E-state index >= 15 is 0 Å². The Morgan fingerprint density at radius 1 is 1.29 bits per heavy atom. The van der Waals surface area contributed by atoms with Gasteiger partial charge in [-0.15, -0.1) is 11.3 Å². The largest absolute Gasteiger partial charge is 0.379 e. The smallest absolute Gasteiger partial charge is 0.156 e. The van der Waals surface area contributed by atoms with Gasteiger partial charge in [0.2, 0.25) is 0 Å².